The van der Waals surface area contributed by atoms with Crippen molar-refractivity contribution in [1.29, 1.82) is 0 Å². The number of anilines is 1. The van der Waals surface area contributed by atoms with E-state index >= 15 is 0 Å². The number of nitrogens with zero attached hydrogens (tertiary/aromatic N) is 1. The highest BCUT2D eigenvalue weighted by atomic mass is 35.5. The van der Waals surface area contributed by atoms with Crippen LogP contribution in [0, 0.1) is 35.5 Å². The molecule has 4 aliphatic carbocycles. The predicted octanol–water partition coefficient (Wildman–Crippen LogP) is 2.60. The molecule has 0 aromatic heterocycles. The molecule has 5 heteroatoms. The van der Waals surface area contributed by atoms with Crippen molar-refractivity contribution >= 4 is 29.1 Å². The fourth-order valence-corrected chi connectivity index (χ4v) is 5.04. The van der Waals surface area contributed by atoms with Crippen LogP contribution in [0.15, 0.2) is 30.4 Å². The van der Waals surface area contributed by atoms with Gasteiger partial charge in [-0.1, -0.05) is 23.8 Å². The number of benzene rings is 1. The number of hydrogen-bond acceptors (Lipinski definition) is 3. The highest BCUT2D eigenvalue weighted by Gasteiger charge is 2.67. The van der Waals surface area contributed by atoms with Crippen molar-refractivity contribution in [1.82, 2.24) is 0 Å². The van der Waals surface area contributed by atoms with Gasteiger partial charge in [-0.3, -0.25) is 9.59 Å². The van der Waals surface area contributed by atoms with Gasteiger partial charge >= 0.3 is 0 Å². The molecule has 0 spiro atoms. The van der Waals surface area contributed by atoms with Crippen molar-refractivity contribution in [3.8, 4) is 5.75 Å². The minimum atomic E-state index is -0.260. The van der Waals surface area contributed by atoms with E-state index in [9.17, 15) is 14.7 Å². The molecule has 0 unspecified atom stereocenters. The fourth-order valence-electron chi connectivity index (χ4n) is 4.87. The van der Waals surface area contributed by atoms with Gasteiger partial charge in [-0.2, -0.15) is 0 Å². The molecule has 1 N–H and O–H groups in total. The van der Waals surface area contributed by atoms with E-state index in [0.29, 0.717) is 16.9 Å². The minimum absolute atomic E-state index is 0.0878. The van der Waals surface area contributed by atoms with Crippen LogP contribution in [0.3, 0.4) is 0 Å². The van der Waals surface area contributed by atoms with E-state index in [2.05, 4.69) is 12.2 Å². The molecule has 4 nitrogen and oxygen atoms in total. The number of aromatic hydroxyl groups is 1. The number of amides is 2. The van der Waals surface area contributed by atoms with E-state index in [4.69, 9.17) is 11.6 Å². The van der Waals surface area contributed by atoms with E-state index in [0.717, 1.165) is 11.3 Å². The smallest absolute Gasteiger partial charge is 0.238 e. The number of halogens is 1. The lowest BCUT2D eigenvalue weighted by molar-refractivity contribution is -0.124. The Kier molecular flexibility index (Phi) is 2.27. The van der Waals surface area contributed by atoms with Crippen LogP contribution in [0.4, 0.5) is 5.69 Å². The fraction of sp³-hybridized carbons (Fsp3) is 0.412. The first kappa shape index (κ1) is 12.7. The second-order valence-electron chi connectivity index (χ2n) is 6.80. The van der Waals surface area contributed by atoms with Gasteiger partial charge in [0, 0.05) is 5.02 Å². The van der Waals surface area contributed by atoms with Crippen LogP contribution >= 0.6 is 11.6 Å². The average Bonchev–Trinajstić information content (AvgIpc) is 3.28. The summed E-state index contributed by atoms with van der Waals surface area (Å²) in [5.41, 5.74) is 0.213. The van der Waals surface area contributed by atoms with Gasteiger partial charge < -0.3 is 5.11 Å². The number of rotatable bonds is 1. The average molecular weight is 316 g/mol. The molecular weight excluding hydrogens is 302 g/mol. The molecule has 1 aromatic carbocycles. The zero-order valence-corrected chi connectivity index (χ0v) is 12.4. The molecule has 3 fully saturated rings. The molecule has 22 heavy (non-hydrogen) atoms. The van der Waals surface area contributed by atoms with Crippen LogP contribution in [0.5, 0.6) is 5.75 Å². The first-order chi connectivity index (χ1) is 10.6. The van der Waals surface area contributed by atoms with Crippen molar-refractivity contribution < 1.29 is 14.7 Å². The highest BCUT2D eigenvalue weighted by molar-refractivity contribution is 6.31. The summed E-state index contributed by atoms with van der Waals surface area (Å²) in [6.45, 7) is 0. The Morgan fingerprint density at radius 3 is 2.23 bits per heavy atom. The van der Waals surface area contributed by atoms with Crippen LogP contribution in [0.2, 0.25) is 5.02 Å². The van der Waals surface area contributed by atoms with Gasteiger partial charge in [0.15, 0.2) is 0 Å². The lowest BCUT2D eigenvalue weighted by atomic mass is 9.63. The van der Waals surface area contributed by atoms with Crippen molar-refractivity contribution in [3.63, 3.8) is 0 Å². The number of carbonyl (C=O) groups is 2. The quantitative estimate of drug-likeness (QED) is 0.640. The number of hydrogen-bond donors (Lipinski definition) is 1. The Hall–Kier alpha value is -1.81. The zero-order valence-electron chi connectivity index (χ0n) is 11.6. The Labute approximate surface area is 132 Å². The maximum atomic E-state index is 12.9. The third-order valence-corrected chi connectivity index (χ3v) is 6.08. The summed E-state index contributed by atoms with van der Waals surface area (Å²) in [6.07, 6.45) is 5.40. The van der Waals surface area contributed by atoms with Crippen LogP contribution in [-0.2, 0) is 9.59 Å². The lowest BCUT2D eigenvalue weighted by Crippen LogP contribution is -2.40. The summed E-state index contributed by atoms with van der Waals surface area (Å²) in [4.78, 5) is 26.9. The Morgan fingerprint density at radius 1 is 1.05 bits per heavy atom. The lowest BCUT2D eigenvalue weighted by Gasteiger charge is -2.37. The largest absolute Gasteiger partial charge is 0.506 e. The number of imide groups is 1. The van der Waals surface area contributed by atoms with E-state index < -0.39 is 0 Å². The summed E-state index contributed by atoms with van der Waals surface area (Å²) in [5, 5.41) is 10.4. The summed E-state index contributed by atoms with van der Waals surface area (Å²) < 4.78 is 0. The first-order valence-electron chi connectivity index (χ1n) is 7.62. The molecule has 0 radical (unpaired) electrons. The third kappa shape index (κ3) is 1.39. The van der Waals surface area contributed by atoms with Gasteiger partial charge in [0.25, 0.3) is 0 Å². The second kappa shape index (κ2) is 3.93. The molecule has 1 aliphatic heterocycles. The number of carbonyl (C=O) groups excluding carboxylic acids is 2. The normalized spacial score (nSPS) is 40.9. The Bertz CT molecular complexity index is 722. The summed E-state index contributed by atoms with van der Waals surface area (Å²) in [6, 6.07) is 4.45. The van der Waals surface area contributed by atoms with Crippen molar-refractivity contribution in [2.45, 2.75) is 6.42 Å². The molecular formula is C17H14ClNO3. The molecule has 2 amide bonds. The van der Waals surface area contributed by atoms with E-state index in [-0.39, 0.29) is 46.9 Å². The van der Waals surface area contributed by atoms with Gasteiger partial charge in [0.1, 0.15) is 5.75 Å². The molecule has 112 valence electrons. The van der Waals surface area contributed by atoms with Gasteiger partial charge in [-0.25, -0.2) is 4.90 Å². The summed E-state index contributed by atoms with van der Waals surface area (Å²) in [5.74, 6) is 0.534. The number of phenolic OH excluding ortho intramolecular Hbond substituents is 1. The van der Waals surface area contributed by atoms with Gasteiger partial charge in [-0.05, 0) is 48.3 Å². The molecule has 6 rings (SSSR count). The van der Waals surface area contributed by atoms with Crippen LogP contribution in [0.1, 0.15) is 6.42 Å². The van der Waals surface area contributed by atoms with Crippen LogP contribution in [-0.4, -0.2) is 16.9 Å². The highest BCUT2D eigenvalue weighted by Crippen LogP contribution is 2.65. The number of phenols is 1. The van der Waals surface area contributed by atoms with E-state index in [1.54, 1.807) is 6.07 Å². The topological polar surface area (TPSA) is 57.6 Å². The van der Waals surface area contributed by atoms with Crippen LogP contribution < -0.4 is 4.90 Å². The molecule has 6 atom stereocenters. The summed E-state index contributed by atoms with van der Waals surface area (Å²) >= 11 is 5.97. The minimum Gasteiger partial charge on any atom is -0.506 e. The molecule has 1 heterocycles. The maximum Gasteiger partial charge on any atom is 0.238 e. The SMILES string of the molecule is O=C1[C@@H]2[C@H]3C=C[C@@H]([C@@H]4C[C@H]34)[C@@H]2C(=O)N1c1cc(Cl)ccc1O. The van der Waals surface area contributed by atoms with Crippen molar-refractivity contribution in [3.05, 3.63) is 35.4 Å². The van der Waals surface area contributed by atoms with Gasteiger partial charge in [0.2, 0.25) is 11.8 Å². The maximum absolute atomic E-state index is 12.9. The monoisotopic (exact) mass is 315 g/mol. The molecule has 1 aromatic rings. The van der Waals surface area contributed by atoms with Gasteiger partial charge in [0.05, 0.1) is 17.5 Å². The van der Waals surface area contributed by atoms with Gasteiger partial charge in [-0.15, -0.1) is 0 Å². The molecule has 2 bridgehead atoms. The summed E-state index contributed by atoms with van der Waals surface area (Å²) in [7, 11) is 0. The molecule has 1 saturated heterocycles. The zero-order chi connectivity index (χ0) is 15.2. The van der Waals surface area contributed by atoms with Crippen LogP contribution in [0.25, 0.3) is 0 Å². The standard InChI is InChI=1S/C17H14ClNO3/c18-7-1-4-13(20)12(5-7)19-16(21)14-8-2-3-9(11-6-10(8)11)15(14)17(19)22/h1-5,8-11,14-15,20H,6H2/t8-,9-,10-,11+,14-,15+/m0/s1. The second-order valence-corrected chi connectivity index (χ2v) is 7.24. The van der Waals surface area contributed by atoms with Crippen molar-refractivity contribution in [2.75, 3.05) is 4.90 Å². The van der Waals surface area contributed by atoms with E-state index in [1.807, 2.05) is 0 Å². The van der Waals surface area contributed by atoms with E-state index in [1.165, 1.54) is 12.1 Å². The van der Waals surface area contributed by atoms with Crippen molar-refractivity contribution in [2.24, 2.45) is 35.5 Å². The molecule has 5 aliphatic rings. The molecule has 2 saturated carbocycles. The predicted molar refractivity (Wildman–Crippen MR) is 80.3 cm³/mol. The Morgan fingerprint density at radius 2 is 1.64 bits per heavy atom. The first-order valence-corrected chi connectivity index (χ1v) is 8.00. The number of allylic oxidation sites excluding steroid dienone is 2. The Balaban J connectivity index is 1.62. The third-order valence-electron chi connectivity index (χ3n) is 5.84.